The number of anilines is 1. The van der Waals surface area contributed by atoms with Gasteiger partial charge >= 0.3 is 0 Å². The first-order chi connectivity index (χ1) is 9.15. The summed E-state index contributed by atoms with van der Waals surface area (Å²) >= 11 is 0. The monoisotopic (exact) mass is 258 g/mol. The molecule has 2 aromatic rings. The van der Waals surface area contributed by atoms with Crippen molar-refractivity contribution >= 4 is 11.6 Å². The van der Waals surface area contributed by atoms with Crippen molar-refractivity contribution < 1.29 is 4.79 Å². The molecule has 0 unspecified atom stereocenters. The molecular weight excluding hydrogens is 240 g/mol. The van der Waals surface area contributed by atoms with Gasteiger partial charge in [-0.25, -0.2) is 0 Å². The molecule has 0 fully saturated rings. The number of aromatic amines is 1. The Labute approximate surface area is 112 Å². The summed E-state index contributed by atoms with van der Waals surface area (Å²) in [4.78, 5) is 11.7. The summed E-state index contributed by atoms with van der Waals surface area (Å²) in [7, 11) is 0. The third kappa shape index (κ3) is 3.93. The normalized spacial score (nSPS) is 10.7. The second kappa shape index (κ2) is 6.15. The molecule has 0 aliphatic rings. The number of carbonyl (C=O) groups excluding carboxylic acids is 1. The highest BCUT2D eigenvalue weighted by molar-refractivity contribution is 5.92. The van der Waals surface area contributed by atoms with Gasteiger partial charge in [0.05, 0.1) is 12.2 Å². The summed E-state index contributed by atoms with van der Waals surface area (Å²) in [6.45, 7) is 4.32. The fourth-order valence-electron chi connectivity index (χ4n) is 1.68. The Morgan fingerprint density at radius 3 is 2.89 bits per heavy atom. The van der Waals surface area contributed by atoms with Crippen molar-refractivity contribution in [1.29, 1.82) is 0 Å². The van der Waals surface area contributed by atoms with E-state index in [1.165, 1.54) is 0 Å². The molecule has 0 aliphatic heterocycles. The molecule has 1 aromatic carbocycles. The smallest absolute Gasteiger partial charge is 0.238 e. The molecule has 3 N–H and O–H groups in total. The molecule has 5 heteroatoms. The van der Waals surface area contributed by atoms with E-state index < -0.39 is 0 Å². The Morgan fingerprint density at radius 1 is 1.37 bits per heavy atom. The molecule has 1 amide bonds. The van der Waals surface area contributed by atoms with Crippen molar-refractivity contribution in [2.75, 3.05) is 11.9 Å². The van der Waals surface area contributed by atoms with E-state index in [1.54, 1.807) is 6.20 Å². The second-order valence-corrected chi connectivity index (χ2v) is 4.63. The van der Waals surface area contributed by atoms with Crippen molar-refractivity contribution in [3.63, 3.8) is 0 Å². The lowest BCUT2D eigenvalue weighted by atomic mass is 10.1. The lowest BCUT2D eigenvalue weighted by Crippen LogP contribution is -2.32. The zero-order chi connectivity index (χ0) is 13.7. The van der Waals surface area contributed by atoms with Crippen LogP contribution in [0, 0.1) is 0 Å². The Balaban J connectivity index is 2.01. The Bertz CT molecular complexity index is 534. The minimum Gasteiger partial charge on any atom is -0.325 e. The highest BCUT2D eigenvalue weighted by atomic mass is 16.1. The number of carbonyl (C=O) groups is 1. The lowest BCUT2D eigenvalue weighted by Gasteiger charge is -2.09. The molecular formula is C14H18N4O. The molecule has 0 aliphatic carbocycles. The van der Waals surface area contributed by atoms with Crippen LogP contribution < -0.4 is 10.6 Å². The number of rotatable bonds is 5. The van der Waals surface area contributed by atoms with Gasteiger partial charge < -0.3 is 10.6 Å². The topological polar surface area (TPSA) is 69.8 Å². The number of hydrogen-bond donors (Lipinski definition) is 3. The van der Waals surface area contributed by atoms with E-state index in [-0.39, 0.29) is 5.91 Å². The number of amides is 1. The summed E-state index contributed by atoms with van der Waals surface area (Å²) in [5.74, 6) is -0.0459. The number of hydrogen-bond acceptors (Lipinski definition) is 3. The van der Waals surface area contributed by atoms with Gasteiger partial charge in [-0.1, -0.05) is 26.0 Å². The third-order valence-electron chi connectivity index (χ3n) is 2.63. The SMILES string of the molecule is CC(C)NCC(=O)Nc1cccc(-c2ccn[nH]2)c1. The first-order valence-electron chi connectivity index (χ1n) is 6.28. The summed E-state index contributed by atoms with van der Waals surface area (Å²) in [5.41, 5.74) is 2.70. The van der Waals surface area contributed by atoms with Crippen LogP contribution in [0.15, 0.2) is 36.5 Å². The van der Waals surface area contributed by atoms with Crippen LogP contribution in [0.3, 0.4) is 0 Å². The quantitative estimate of drug-likeness (QED) is 0.768. The van der Waals surface area contributed by atoms with E-state index in [9.17, 15) is 4.79 Å². The Hall–Kier alpha value is -2.14. The van der Waals surface area contributed by atoms with Gasteiger partial charge in [0.2, 0.25) is 5.91 Å². The molecule has 0 saturated carbocycles. The van der Waals surface area contributed by atoms with Crippen LogP contribution in [0.2, 0.25) is 0 Å². The molecule has 2 rings (SSSR count). The first-order valence-corrected chi connectivity index (χ1v) is 6.28. The van der Waals surface area contributed by atoms with Gasteiger partial charge in [-0.05, 0) is 18.2 Å². The van der Waals surface area contributed by atoms with Crippen molar-refractivity contribution in [3.8, 4) is 11.3 Å². The Kier molecular flexibility index (Phi) is 4.30. The van der Waals surface area contributed by atoms with Gasteiger partial charge in [0.25, 0.3) is 0 Å². The third-order valence-corrected chi connectivity index (χ3v) is 2.63. The maximum atomic E-state index is 11.7. The number of nitrogens with zero attached hydrogens (tertiary/aromatic N) is 1. The van der Waals surface area contributed by atoms with E-state index in [0.29, 0.717) is 12.6 Å². The van der Waals surface area contributed by atoms with Gasteiger partial charge in [-0.3, -0.25) is 9.89 Å². The van der Waals surface area contributed by atoms with Crippen molar-refractivity contribution in [2.45, 2.75) is 19.9 Å². The van der Waals surface area contributed by atoms with Crippen molar-refractivity contribution in [1.82, 2.24) is 15.5 Å². The average Bonchev–Trinajstić information content (AvgIpc) is 2.90. The van der Waals surface area contributed by atoms with Crippen LogP contribution in [-0.4, -0.2) is 28.7 Å². The number of H-pyrrole nitrogens is 1. The van der Waals surface area contributed by atoms with Gasteiger partial charge in [0.1, 0.15) is 0 Å². The van der Waals surface area contributed by atoms with Crippen molar-refractivity contribution in [2.24, 2.45) is 0 Å². The van der Waals surface area contributed by atoms with Crippen LogP contribution in [0.4, 0.5) is 5.69 Å². The minimum atomic E-state index is -0.0459. The standard InChI is InChI=1S/C14H18N4O/c1-10(2)15-9-14(19)17-12-5-3-4-11(8-12)13-6-7-16-18-13/h3-8,10,15H,9H2,1-2H3,(H,16,18)(H,17,19). The highest BCUT2D eigenvalue weighted by Crippen LogP contribution is 2.20. The van der Waals surface area contributed by atoms with Gasteiger partial charge in [0.15, 0.2) is 0 Å². The Morgan fingerprint density at radius 2 is 2.21 bits per heavy atom. The van der Waals surface area contributed by atoms with Crippen LogP contribution in [0.25, 0.3) is 11.3 Å². The molecule has 0 radical (unpaired) electrons. The van der Waals surface area contributed by atoms with E-state index >= 15 is 0 Å². The fraction of sp³-hybridized carbons (Fsp3) is 0.286. The molecule has 5 nitrogen and oxygen atoms in total. The van der Waals surface area contributed by atoms with Gasteiger partial charge in [-0.15, -0.1) is 0 Å². The highest BCUT2D eigenvalue weighted by Gasteiger charge is 2.05. The first kappa shape index (κ1) is 13.3. The van der Waals surface area contributed by atoms with Crippen LogP contribution >= 0.6 is 0 Å². The lowest BCUT2D eigenvalue weighted by molar-refractivity contribution is -0.115. The van der Waals surface area contributed by atoms with Gasteiger partial charge in [-0.2, -0.15) is 5.10 Å². The molecule has 0 spiro atoms. The van der Waals surface area contributed by atoms with Crippen LogP contribution in [0.5, 0.6) is 0 Å². The fourth-order valence-corrected chi connectivity index (χ4v) is 1.68. The average molecular weight is 258 g/mol. The summed E-state index contributed by atoms with van der Waals surface area (Å²) in [6.07, 6.45) is 1.70. The van der Waals surface area contributed by atoms with E-state index in [1.807, 2.05) is 44.2 Å². The maximum absolute atomic E-state index is 11.7. The number of aromatic nitrogens is 2. The number of benzene rings is 1. The molecule has 1 aromatic heterocycles. The van der Waals surface area contributed by atoms with E-state index in [2.05, 4.69) is 20.8 Å². The predicted octanol–water partition coefficient (Wildman–Crippen LogP) is 2.01. The molecule has 0 saturated heterocycles. The molecule has 0 atom stereocenters. The van der Waals surface area contributed by atoms with Crippen molar-refractivity contribution in [3.05, 3.63) is 36.5 Å². The molecule has 100 valence electrons. The molecule has 1 heterocycles. The minimum absolute atomic E-state index is 0.0459. The van der Waals surface area contributed by atoms with Crippen LogP contribution in [0.1, 0.15) is 13.8 Å². The van der Waals surface area contributed by atoms with E-state index in [0.717, 1.165) is 16.9 Å². The summed E-state index contributed by atoms with van der Waals surface area (Å²) < 4.78 is 0. The summed E-state index contributed by atoms with van der Waals surface area (Å²) in [5, 5.41) is 12.8. The largest absolute Gasteiger partial charge is 0.325 e. The zero-order valence-corrected chi connectivity index (χ0v) is 11.1. The predicted molar refractivity (Wildman–Crippen MR) is 75.8 cm³/mol. The van der Waals surface area contributed by atoms with E-state index in [4.69, 9.17) is 0 Å². The van der Waals surface area contributed by atoms with Crippen LogP contribution in [-0.2, 0) is 4.79 Å². The zero-order valence-electron chi connectivity index (χ0n) is 11.1. The maximum Gasteiger partial charge on any atom is 0.238 e. The second-order valence-electron chi connectivity index (χ2n) is 4.63. The summed E-state index contributed by atoms with van der Waals surface area (Å²) in [6, 6.07) is 9.84. The molecule has 0 bridgehead atoms. The molecule has 19 heavy (non-hydrogen) atoms. The van der Waals surface area contributed by atoms with Gasteiger partial charge in [0, 0.05) is 23.5 Å². The number of nitrogens with one attached hydrogen (secondary N) is 3.